The number of terminal acetylenes is 1. The first-order chi connectivity index (χ1) is 9.36. The third-order valence-corrected chi connectivity index (χ3v) is 3.17. The SMILES string of the molecule is C#CCCn1ccc2cccc(CNCCOC)c21. The summed E-state index contributed by atoms with van der Waals surface area (Å²) in [6.45, 7) is 3.31. The van der Waals surface area contributed by atoms with Crippen LogP contribution in [0.2, 0.25) is 0 Å². The molecule has 2 aromatic rings. The van der Waals surface area contributed by atoms with Crippen LogP contribution >= 0.6 is 0 Å². The summed E-state index contributed by atoms with van der Waals surface area (Å²) in [7, 11) is 1.72. The average molecular weight is 256 g/mol. The molecule has 1 aromatic carbocycles. The van der Waals surface area contributed by atoms with Crippen LogP contribution in [0.1, 0.15) is 12.0 Å². The molecular weight excluding hydrogens is 236 g/mol. The molecule has 0 unspecified atom stereocenters. The van der Waals surface area contributed by atoms with Crippen LogP contribution in [-0.4, -0.2) is 24.8 Å². The van der Waals surface area contributed by atoms with Gasteiger partial charge in [-0.2, -0.15) is 0 Å². The number of aryl methyl sites for hydroxylation is 1. The molecule has 0 aliphatic carbocycles. The van der Waals surface area contributed by atoms with Crippen LogP contribution < -0.4 is 5.32 Å². The van der Waals surface area contributed by atoms with Crippen molar-refractivity contribution in [2.24, 2.45) is 0 Å². The minimum atomic E-state index is 0.730. The summed E-state index contributed by atoms with van der Waals surface area (Å²) >= 11 is 0. The standard InChI is InChI=1S/C16H20N2O/c1-3-4-10-18-11-8-14-6-5-7-15(16(14)18)13-17-9-12-19-2/h1,5-8,11,17H,4,9-10,12-13H2,2H3. The Morgan fingerprint density at radius 1 is 1.37 bits per heavy atom. The number of rotatable bonds is 7. The number of benzene rings is 1. The van der Waals surface area contributed by atoms with Crippen molar-refractivity contribution in [3.63, 3.8) is 0 Å². The predicted octanol–water partition coefficient (Wildman–Crippen LogP) is 2.40. The van der Waals surface area contributed by atoms with Crippen molar-refractivity contribution in [2.75, 3.05) is 20.3 Å². The van der Waals surface area contributed by atoms with Crippen LogP contribution in [0, 0.1) is 12.3 Å². The lowest BCUT2D eigenvalue weighted by atomic mass is 10.1. The molecule has 1 N–H and O–H groups in total. The normalized spacial score (nSPS) is 10.7. The topological polar surface area (TPSA) is 26.2 Å². The lowest BCUT2D eigenvalue weighted by molar-refractivity contribution is 0.199. The number of para-hydroxylation sites is 1. The smallest absolute Gasteiger partial charge is 0.0587 e. The highest BCUT2D eigenvalue weighted by Crippen LogP contribution is 2.20. The summed E-state index contributed by atoms with van der Waals surface area (Å²) in [5.74, 6) is 2.70. The van der Waals surface area contributed by atoms with Crippen LogP contribution in [0.15, 0.2) is 30.5 Å². The van der Waals surface area contributed by atoms with Gasteiger partial charge in [0.2, 0.25) is 0 Å². The van der Waals surface area contributed by atoms with Gasteiger partial charge in [0.05, 0.1) is 12.1 Å². The second-order valence-corrected chi connectivity index (χ2v) is 4.49. The van der Waals surface area contributed by atoms with E-state index in [0.717, 1.165) is 32.7 Å². The Kier molecular flexibility index (Phi) is 5.02. The Balaban J connectivity index is 2.17. The average Bonchev–Trinajstić information content (AvgIpc) is 2.85. The summed E-state index contributed by atoms with van der Waals surface area (Å²) in [6.07, 6.45) is 8.22. The first kappa shape index (κ1) is 13.7. The van der Waals surface area contributed by atoms with E-state index in [2.05, 4.69) is 46.3 Å². The quantitative estimate of drug-likeness (QED) is 0.608. The fraction of sp³-hybridized carbons (Fsp3) is 0.375. The lowest BCUT2D eigenvalue weighted by Crippen LogP contribution is -2.19. The third-order valence-electron chi connectivity index (χ3n) is 3.17. The van der Waals surface area contributed by atoms with Gasteiger partial charge in [0, 0.05) is 39.4 Å². The van der Waals surface area contributed by atoms with E-state index in [1.807, 2.05) is 0 Å². The second kappa shape index (κ2) is 6.98. The molecule has 19 heavy (non-hydrogen) atoms. The van der Waals surface area contributed by atoms with Crippen LogP contribution in [0.25, 0.3) is 10.9 Å². The maximum atomic E-state index is 5.35. The molecule has 0 bridgehead atoms. The van der Waals surface area contributed by atoms with Gasteiger partial charge < -0.3 is 14.6 Å². The van der Waals surface area contributed by atoms with Crippen molar-refractivity contribution in [3.8, 4) is 12.3 Å². The minimum Gasteiger partial charge on any atom is -0.383 e. The molecule has 3 nitrogen and oxygen atoms in total. The van der Waals surface area contributed by atoms with Crippen LogP contribution in [0.5, 0.6) is 0 Å². The van der Waals surface area contributed by atoms with Gasteiger partial charge in [-0.25, -0.2) is 0 Å². The number of methoxy groups -OCH3 is 1. The van der Waals surface area contributed by atoms with Crippen molar-refractivity contribution in [1.29, 1.82) is 0 Å². The van der Waals surface area contributed by atoms with E-state index < -0.39 is 0 Å². The maximum absolute atomic E-state index is 5.35. The molecule has 0 atom stereocenters. The molecule has 1 aromatic heterocycles. The van der Waals surface area contributed by atoms with Gasteiger partial charge in [-0.1, -0.05) is 18.2 Å². The Morgan fingerprint density at radius 3 is 3.05 bits per heavy atom. The molecular formula is C16H20N2O. The Morgan fingerprint density at radius 2 is 2.26 bits per heavy atom. The molecule has 0 spiro atoms. The molecule has 2 rings (SSSR count). The first-order valence-corrected chi connectivity index (χ1v) is 6.56. The van der Waals surface area contributed by atoms with Gasteiger partial charge >= 0.3 is 0 Å². The lowest BCUT2D eigenvalue weighted by Gasteiger charge is -2.10. The van der Waals surface area contributed by atoms with Crippen molar-refractivity contribution in [1.82, 2.24) is 9.88 Å². The van der Waals surface area contributed by atoms with Gasteiger partial charge in [-0.3, -0.25) is 0 Å². The Bertz CT molecular complexity index is 566. The second-order valence-electron chi connectivity index (χ2n) is 4.49. The Labute approximate surface area is 114 Å². The number of nitrogens with zero attached hydrogens (tertiary/aromatic N) is 1. The van der Waals surface area contributed by atoms with E-state index in [4.69, 9.17) is 11.2 Å². The van der Waals surface area contributed by atoms with Gasteiger partial charge in [-0.15, -0.1) is 12.3 Å². The largest absolute Gasteiger partial charge is 0.383 e. The third kappa shape index (κ3) is 3.37. The molecule has 0 aliphatic heterocycles. The van der Waals surface area contributed by atoms with Crippen LogP contribution in [0.4, 0.5) is 0 Å². The summed E-state index contributed by atoms with van der Waals surface area (Å²) in [5, 5.41) is 4.66. The number of fused-ring (bicyclic) bond motifs is 1. The zero-order chi connectivity index (χ0) is 13.5. The molecule has 0 aliphatic rings. The van der Waals surface area contributed by atoms with E-state index in [1.54, 1.807) is 7.11 Å². The maximum Gasteiger partial charge on any atom is 0.0587 e. The molecule has 0 radical (unpaired) electrons. The van der Waals surface area contributed by atoms with Crippen molar-refractivity contribution >= 4 is 10.9 Å². The van der Waals surface area contributed by atoms with E-state index in [0.29, 0.717) is 0 Å². The number of hydrogen-bond acceptors (Lipinski definition) is 2. The number of hydrogen-bond donors (Lipinski definition) is 1. The van der Waals surface area contributed by atoms with Gasteiger partial charge in [0.15, 0.2) is 0 Å². The summed E-state index contributed by atoms with van der Waals surface area (Å²) < 4.78 is 7.28. The molecule has 0 amide bonds. The van der Waals surface area contributed by atoms with Gasteiger partial charge in [-0.05, 0) is 17.0 Å². The zero-order valence-electron chi connectivity index (χ0n) is 11.4. The summed E-state index contributed by atoms with van der Waals surface area (Å²) in [6, 6.07) is 8.54. The molecule has 0 saturated carbocycles. The predicted molar refractivity (Wildman–Crippen MR) is 79.0 cm³/mol. The van der Waals surface area contributed by atoms with Crippen molar-refractivity contribution in [2.45, 2.75) is 19.5 Å². The number of aromatic nitrogens is 1. The minimum absolute atomic E-state index is 0.730. The zero-order valence-corrected chi connectivity index (χ0v) is 11.4. The highest BCUT2D eigenvalue weighted by molar-refractivity contribution is 5.83. The van der Waals surface area contributed by atoms with E-state index in [1.165, 1.54) is 16.5 Å². The highest BCUT2D eigenvalue weighted by atomic mass is 16.5. The van der Waals surface area contributed by atoms with E-state index in [-0.39, 0.29) is 0 Å². The molecule has 0 saturated heterocycles. The number of ether oxygens (including phenoxy) is 1. The molecule has 3 heteroatoms. The van der Waals surface area contributed by atoms with Crippen LogP contribution in [0.3, 0.4) is 0 Å². The van der Waals surface area contributed by atoms with Crippen molar-refractivity contribution < 1.29 is 4.74 Å². The Hall–Kier alpha value is -1.76. The fourth-order valence-corrected chi connectivity index (χ4v) is 2.25. The van der Waals surface area contributed by atoms with Gasteiger partial charge in [0.25, 0.3) is 0 Å². The van der Waals surface area contributed by atoms with Crippen molar-refractivity contribution in [3.05, 3.63) is 36.0 Å². The first-order valence-electron chi connectivity index (χ1n) is 6.56. The van der Waals surface area contributed by atoms with E-state index >= 15 is 0 Å². The number of nitrogens with one attached hydrogen (secondary N) is 1. The monoisotopic (exact) mass is 256 g/mol. The molecule has 1 heterocycles. The summed E-state index contributed by atoms with van der Waals surface area (Å²) in [5.41, 5.74) is 2.58. The van der Waals surface area contributed by atoms with E-state index in [9.17, 15) is 0 Å². The fourth-order valence-electron chi connectivity index (χ4n) is 2.25. The molecule has 0 fully saturated rings. The summed E-state index contributed by atoms with van der Waals surface area (Å²) in [4.78, 5) is 0. The molecule has 100 valence electrons. The highest BCUT2D eigenvalue weighted by Gasteiger charge is 2.05. The van der Waals surface area contributed by atoms with Gasteiger partial charge in [0.1, 0.15) is 0 Å². The van der Waals surface area contributed by atoms with Crippen LogP contribution in [-0.2, 0) is 17.8 Å².